The average molecular weight is 332 g/mol. The van der Waals surface area contributed by atoms with Crippen LogP contribution in [0.4, 0.5) is 0 Å². The molecule has 0 N–H and O–H groups in total. The van der Waals surface area contributed by atoms with E-state index < -0.39 is 13.2 Å². The van der Waals surface area contributed by atoms with Crippen molar-refractivity contribution in [1.82, 2.24) is 0 Å². The fraction of sp³-hybridized carbons (Fsp3) is 0.688. The van der Waals surface area contributed by atoms with Crippen LogP contribution in [0.3, 0.4) is 0 Å². The van der Waals surface area contributed by atoms with Gasteiger partial charge in [-0.05, 0) is 54.5 Å². The molecule has 0 spiro atoms. The summed E-state index contributed by atoms with van der Waals surface area (Å²) in [6, 6.07) is 0. The van der Waals surface area contributed by atoms with Gasteiger partial charge in [0.25, 0.3) is 0 Å². The lowest BCUT2D eigenvalue weighted by Gasteiger charge is -2.19. The van der Waals surface area contributed by atoms with Gasteiger partial charge in [0.1, 0.15) is 5.60 Å². The molecule has 0 bridgehead atoms. The first-order valence-corrected chi connectivity index (χ1v) is 9.22. The summed E-state index contributed by atoms with van der Waals surface area (Å²) in [7, 11) is -3.10. The summed E-state index contributed by atoms with van der Waals surface area (Å²) in [4.78, 5) is 11.9. The third-order valence-corrected chi connectivity index (χ3v) is 4.39. The summed E-state index contributed by atoms with van der Waals surface area (Å²) in [5, 5.41) is 0. The van der Waals surface area contributed by atoms with Crippen molar-refractivity contribution < 1.29 is 23.1 Å². The summed E-state index contributed by atoms with van der Waals surface area (Å²) < 4.78 is 28.0. The van der Waals surface area contributed by atoms with Crippen LogP contribution in [0.2, 0.25) is 0 Å². The Morgan fingerprint density at radius 1 is 1.09 bits per heavy atom. The van der Waals surface area contributed by atoms with E-state index in [1.807, 2.05) is 27.7 Å². The average Bonchev–Trinajstić information content (AvgIpc) is 2.35. The van der Waals surface area contributed by atoms with Gasteiger partial charge in [-0.15, -0.1) is 0 Å². The van der Waals surface area contributed by atoms with Crippen molar-refractivity contribution in [3.8, 4) is 0 Å². The number of rotatable bonds is 8. The molecular weight excluding hydrogens is 303 g/mol. The summed E-state index contributed by atoms with van der Waals surface area (Å²) in [5.74, 6) is -0.363. The molecule has 0 heterocycles. The highest BCUT2D eigenvalue weighted by molar-refractivity contribution is 7.54. The summed E-state index contributed by atoms with van der Waals surface area (Å²) in [6.45, 7) is 13.2. The topological polar surface area (TPSA) is 61.8 Å². The first kappa shape index (κ1) is 21.1. The maximum Gasteiger partial charge on any atom is 0.334 e. The van der Waals surface area contributed by atoms with E-state index in [9.17, 15) is 9.36 Å². The minimum atomic E-state index is -3.10. The third kappa shape index (κ3) is 9.19. The second kappa shape index (κ2) is 9.29. The second-order valence-corrected chi connectivity index (χ2v) is 8.01. The van der Waals surface area contributed by atoms with Crippen molar-refractivity contribution >= 4 is 13.6 Å². The Morgan fingerprint density at radius 3 is 2.00 bits per heavy atom. The highest BCUT2D eigenvalue weighted by Crippen LogP contribution is 2.48. The molecule has 0 rings (SSSR count). The zero-order valence-corrected chi connectivity index (χ0v) is 15.7. The molecule has 0 amide bonds. The van der Waals surface area contributed by atoms with E-state index >= 15 is 0 Å². The Morgan fingerprint density at radius 2 is 1.59 bits per heavy atom. The van der Waals surface area contributed by atoms with Crippen molar-refractivity contribution in [3.63, 3.8) is 0 Å². The van der Waals surface area contributed by atoms with Gasteiger partial charge in [0.15, 0.2) is 0 Å². The van der Waals surface area contributed by atoms with Gasteiger partial charge >= 0.3 is 13.6 Å². The number of carbonyl (C=O) groups excluding carboxylic acids is 1. The molecule has 0 aromatic carbocycles. The Kier molecular flexibility index (Phi) is 8.91. The molecule has 22 heavy (non-hydrogen) atoms. The molecule has 6 heteroatoms. The molecule has 0 aliphatic carbocycles. The van der Waals surface area contributed by atoms with E-state index in [1.165, 1.54) is 0 Å². The van der Waals surface area contributed by atoms with Crippen LogP contribution in [-0.2, 0) is 23.1 Å². The number of esters is 1. The monoisotopic (exact) mass is 332 g/mol. The van der Waals surface area contributed by atoms with Crippen LogP contribution in [0.5, 0.6) is 0 Å². The molecule has 0 saturated heterocycles. The van der Waals surface area contributed by atoms with Gasteiger partial charge in [-0.1, -0.05) is 11.6 Å². The minimum Gasteiger partial charge on any atom is -0.457 e. The van der Waals surface area contributed by atoms with Gasteiger partial charge in [0, 0.05) is 5.57 Å². The number of hydrogen-bond acceptors (Lipinski definition) is 5. The summed E-state index contributed by atoms with van der Waals surface area (Å²) in [5.41, 5.74) is 0.776. The molecule has 0 aromatic rings. The SMILES string of the molecule is CCOP(=O)(C/C=C(C)/C=C(\C)C(=O)OC(C)(C)C)OCC. The molecule has 0 aliphatic rings. The van der Waals surface area contributed by atoms with Gasteiger partial charge in [-0.2, -0.15) is 0 Å². The fourth-order valence-electron chi connectivity index (χ4n) is 1.61. The molecule has 0 aliphatic heterocycles. The van der Waals surface area contributed by atoms with Crippen LogP contribution >= 0.6 is 7.60 Å². The van der Waals surface area contributed by atoms with E-state index in [2.05, 4.69) is 0 Å². The van der Waals surface area contributed by atoms with Crippen LogP contribution in [0.15, 0.2) is 23.3 Å². The lowest BCUT2D eigenvalue weighted by molar-refractivity contribution is -0.149. The zero-order valence-electron chi connectivity index (χ0n) is 14.8. The van der Waals surface area contributed by atoms with Crippen molar-refractivity contribution in [2.75, 3.05) is 19.4 Å². The lowest BCUT2D eigenvalue weighted by Crippen LogP contribution is -2.24. The predicted molar refractivity (Wildman–Crippen MR) is 89.1 cm³/mol. The van der Waals surface area contributed by atoms with Crippen LogP contribution in [-0.4, -0.2) is 30.9 Å². The molecule has 0 radical (unpaired) electrons. The highest BCUT2D eigenvalue weighted by Gasteiger charge is 2.21. The zero-order chi connectivity index (χ0) is 17.4. The smallest absolute Gasteiger partial charge is 0.334 e. The summed E-state index contributed by atoms with van der Waals surface area (Å²) in [6.07, 6.45) is 3.63. The Hall–Kier alpha value is -0.900. The lowest BCUT2D eigenvalue weighted by atomic mass is 10.1. The van der Waals surface area contributed by atoms with Gasteiger partial charge < -0.3 is 13.8 Å². The van der Waals surface area contributed by atoms with E-state index in [0.29, 0.717) is 18.8 Å². The first-order chi connectivity index (χ1) is 10.0. The minimum absolute atomic E-state index is 0.179. The molecular formula is C16H29O5P. The Labute approximate surface area is 134 Å². The molecule has 128 valence electrons. The van der Waals surface area contributed by atoms with Crippen LogP contribution < -0.4 is 0 Å². The van der Waals surface area contributed by atoms with E-state index in [1.54, 1.807) is 32.9 Å². The van der Waals surface area contributed by atoms with Gasteiger partial charge in [-0.25, -0.2) is 4.79 Å². The predicted octanol–water partition coefficient (Wildman–Crippen LogP) is 4.49. The van der Waals surface area contributed by atoms with Crippen LogP contribution in [0.1, 0.15) is 48.5 Å². The number of ether oxygens (including phenoxy) is 1. The highest BCUT2D eigenvalue weighted by atomic mass is 31.2. The number of carbonyl (C=O) groups is 1. The molecule has 5 nitrogen and oxygen atoms in total. The van der Waals surface area contributed by atoms with E-state index in [-0.39, 0.29) is 12.1 Å². The van der Waals surface area contributed by atoms with Gasteiger partial charge in [0.05, 0.1) is 19.4 Å². The first-order valence-electron chi connectivity index (χ1n) is 7.49. The van der Waals surface area contributed by atoms with Gasteiger partial charge in [0.2, 0.25) is 0 Å². The Balaban J connectivity index is 4.87. The van der Waals surface area contributed by atoms with Crippen LogP contribution in [0.25, 0.3) is 0 Å². The quantitative estimate of drug-likeness (QED) is 0.284. The summed E-state index contributed by atoms with van der Waals surface area (Å²) >= 11 is 0. The largest absolute Gasteiger partial charge is 0.457 e. The number of hydrogen-bond donors (Lipinski definition) is 0. The molecule has 0 saturated carbocycles. The number of allylic oxidation sites excluding steroid dienone is 3. The Bertz CT molecular complexity index is 461. The van der Waals surface area contributed by atoms with Crippen molar-refractivity contribution in [1.29, 1.82) is 0 Å². The van der Waals surface area contributed by atoms with Crippen molar-refractivity contribution in [2.45, 2.75) is 54.1 Å². The van der Waals surface area contributed by atoms with E-state index in [0.717, 1.165) is 5.57 Å². The molecule has 0 fully saturated rings. The van der Waals surface area contributed by atoms with Crippen LogP contribution in [0, 0.1) is 0 Å². The molecule has 0 unspecified atom stereocenters. The molecule has 0 aromatic heterocycles. The van der Waals surface area contributed by atoms with Crippen molar-refractivity contribution in [3.05, 3.63) is 23.3 Å². The maximum absolute atomic E-state index is 12.3. The second-order valence-electron chi connectivity index (χ2n) is 5.91. The molecule has 0 atom stereocenters. The maximum atomic E-state index is 12.3. The van der Waals surface area contributed by atoms with Gasteiger partial charge in [-0.3, -0.25) is 4.57 Å². The fourth-order valence-corrected chi connectivity index (χ4v) is 3.19. The van der Waals surface area contributed by atoms with Crippen molar-refractivity contribution in [2.24, 2.45) is 0 Å². The standard InChI is InChI=1S/C16H29O5P/c1-8-19-22(18,20-9-2)11-10-13(3)12-14(4)15(17)21-16(5,6)7/h10,12H,8-9,11H2,1-7H3/b13-10+,14-12+. The third-order valence-electron chi connectivity index (χ3n) is 2.45. The normalized spacial score (nSPS) is 14.1. The van der Waals surface area contributed by atoms with E-state index in [4.69, 9.17) is 13.8 Å².